The second kappa shape index (κ2) is 9.38. The van der Waals surface area contributed by atoms with E-state index < -0.39 is 26.6 Å². The monoisotopic (exact) mass is 432 g/mol. The maximum absolute atomic E-state index is 14.0. The number of rotatable bonds is 7. The van der Waals surface area contributed by atoms with Gasteiger partial charge < -0.3 is 15.1 Å². The Labute approximate surface area is 176 Å². The van der Waals surface area contributed by atoms with Gasteiger partial charge in [-0.1, -0.05) is 6.08 Å². The van der Waals surface area contributed by atoms with E-state index in [4.69, 9.17) is 0 Å². The minimum Gasteiger partial charge on any atom is -0.369 e. The lowest BCUT2D eigenvalue weighted by atomic mass is 10.2. The van der Waals surface area contributed by atoms with Crippen LogP contribution in [0.3, 0.4) is 0 Å². The summed E-state index contributed by atoms with van der Waals surface area (Å²) in [6.45, 7) is 7.25. The van der Waals surface area contributed by atoms with Gasteiger partial charge in [0.2, 0.25) is 10.0 Å². The summed E-state index contributed by atoms with van der Waals surface area (Å²) < 4.78 is 40.7. The lowest BCUT2D eigenvalue weighted by molar-refractivity contribution is 0.102. The van der Waals surface area contributed by atoms with E-state index in [0.29, 0.717) is 5.69 Å². The predicted molar refractivity (Wildman–Crippen MR) is 116 cm³/mol. The van der Waals surface area contributed by atoms with Gasteiger partial charge in [0.1, 0.15) is 10.7 Å². The van der Waals surface area contributed by atoms with Crippen LogP contribution in [0.25, 0.3) is 0 Å². The Morgan fingerprint density at radius 2 is 1.80 bits per heavy atom. The van der Waals surface area contributed by atoms with Gasteiger partial charge in [0.05, 0.1) is 0 Å². The zero-order valence-electron chi connectivity index (χ0n) is 16.8. The van der Waals surface area contributed by atoms with Gasteiger partial charge in [-0.3, -0.25) is 4.79 Å². The molecule has 2 aromatic rings. The molecule has 30 heavy (non-hydrogen) atoms. The van der Waals surface area contributed by atoms with Crippen LogP contribution in [0.1, 0.15) is 10.4 Å². The summed E-state index contributed by atoms with van der Waals surface area (Å²) in [4.78, 5) is 16.5. The molecule has 0 radical (unpaired) electrons. The molecule has 3 rings (SSSR count). The number of nitrogens with zero attached hydrogens (tertiary/aromatic N) is 2. The first-order valence-electron chi connectivity index (χ1n) is 9.55. The number of likely N-dealkylation sites (N-methyl/N-ethyl adjacent to an activating group) is 1. The summed E-state index contributed by atoms with van der Waals surface area (Å²) in [5.74, 6) is -1.46. The summed E-state index contributed by atoms with van der Waals surface area (Å²) in [7, 11) is -1.99. The Kier molecular flexibility index (Phi) is 6.86. The number of nitrogens with one attached hydrogen (secondary N) is 2. The van der Waals surface area contributed by atoms with E-state index >= 15 is 0 Å². The standard InChI is InChI=1S/C21H25FN4O3S/c1-3-10-23-30(28,29)20-15-16(4-9-19(20)22)21(27)24-17-5-7-18(8-6-17)26-13-11-25(2)12-14-26/h3-9,15,23H,1,10-14H2,2H3,(H,24,27). The average molecular weight is 433 g/mol. The summed E-state index contributed by atoms with van der Waals surface area (Å²) >= 11 is 0. The molecular weight excluding hydrogens is 407 g/mol. The molecule has 1 aliphatic heterocycles. The smallest absolute Gasteiger partial charge is 0.255 e. The van der Waals surface area contributed by atoms with E-state index in [2.05, 4.69) is 33.5 Å². The van der Waals surface area contributed by atoms with Crippen LogP contribution in [-0.2, 0) is 10.0 Å². The van der Waals surface area contributed by atoms with Crippen molar-refractivity contribution in [2.24, 2.45) is 0 Å². The molecule has 0 atom stereocenters. The maximum Gasteiger partial charge on any atom is 0.255 e. The quantitative estimate of drug-likeness (QED) is 0.656. The van der Waals surface area contributed by atoms with Crippen LogP contribution in [0.2, 0.25) is 0 Å². The third-order valence-electron chi connectivity index (χ3n) is 4.89. The molecule has 1 fully saturated rings. The Morgan fingerprint density at radius 3 is 2.43 bits per heavy atom. The Bertz CT molecular complexity index is 1020. The van der Waals surface area contributed by atoms with Crippen molar-refractivity contribution in [3.8, 4) is 0 Å². The fourth-order valence-corrected chi connectivity index (χ4v) is 4.22. The molecule has 0 bridgehead atoms. The molecule has 0 aromatic heterocycles. The first-order valence-corrected chi connectivity index (χ1v) is 11.0. The van der Waals surface area contributed by atoms with Crippen molar-refractivity contribution >= 4 is 27.3 Å². The molecule has 2 aromatic carbocycles. The highest BCUT2D eigenvalue weighted by atomic mass is 32.2. The third-order valence-corrected chi connectivity index (χ3v) is 6.33. The van der Waals surface area contributed by atoms with Crippen LogP contribution in [0.4, 0.5) is 15.8 Å². The molecule has 1 amide bonds. The van der Waals surface area contributed by atoms with Gasteiger partial charge in [0, 0.05) is 49.7 Å². The number of hydrogen-bond donors (Lipinski definition) is 2. The lowest BCUT2D eigenvalue weighted by Gasteiger charge is -2.34. The molecule has 1 saturated heterocycles. The molecule has 1 aliphatic rings. The van der Waals surface area contributed by atoms with E-state index in [1.807, 2.05) is 12.1 Å². The van der Waals surface area contributed by atoms with E-state index in [-0.39, 0.29) is 12.1 Å². The number of piperazine rings is 1. The Morgan fingerprint density at radius 1 is 1.13 bits per heavy atom. The highest BCUT2D eigenvalue weighted by Crippen LogP contribution is 2.21. The van der Waals surface area contributed by atoms with Crippen LogP contribution < -0.4 is 14.9 Å². The minimum atomic E-state index is -4.09. The average Bonchev–Trinajstić information content (AvgIpc) is 2.73. The van der Waals surface area contributed by atoms with Gasteiger partial charge in [0.15, 0.2) is 0 Å². The van der Waals surface area contributed by atoms with Crippen LogP contribution in [-0.4, -0.2) is 59.0 Å². The molecule has 2 N–H and O–H groups in total. The van der Waals surface area contributed by atoms with Gasteiger partial charge in [-0.25, -0.2) is 17.5 Å². The summed E-state index contributed by atoms with van der Waals surface area (Å²) in [5, 5.41) is 2.72. The molecule has 0 unspecified atom stereocenters. The van der Waals surface area contributed by atoms with E-state index in [1.165, 1.54) is 12.1 Å². The fraction of sp³-hybridized carbons (Fsp3) is 0.286. The number of sulfonamides is 1. The SMILES string of the molecule is C=CCNS(=O)(=O)c1cc(C(=O)Nc2ccc(N3CCN(C)CC3)cc2)ccc1F. The lowest BCUT2D eigenvalue weighted by Crippen LogP contribution is -2.44. The third kappa shape index (κ3) is 5.24. The topological polar surface area (TPSA) is 81.7 Å². The van der Waals surface area contributed by atoms with Gasteiger partial charge in [0.25, 0.3) is 5.91 Å². The van der Waals surface area contributed by atoms with Gasteiger partial charge in [-0.05, 0) is 49.5 Å². The van der Waals surface area contributed by atoms with Crippen molar-refractivity contribution in [2.75, 3.05) is 50.0 Å². The second-order valence-electron chi connectivity index (χ2n) is 7.08. The van der Waals surface area contributed by atoms with Crippen LogP contribution in [0.5, 0.6) is 0 Å². The van der Waals surface area contributed by atoms with Gasteiger partial charge in [-0.2, -0.15) is 0 Å². The largest absolute Gasteiger partial charge is 0.369 e. The van der Waals surface area contributed by atoms with Crippen molar-refractivity contribution in [2.45, 2.75) is 4.90 Å². The van der Waals surface area contributed by atoms with E-state index in [0.717, 1.165) is 44.0 Å². The first-order chi connectivity index (χ1) is 14.3. The molecule has 7 nitrogen and oxygen atoms in total. The highest BCUT2D eigenvalue weighted by Gasteiger charge is 2.21. The number of carbonyl (C=O) groups excluding carboxylic acids is 1. The summed E-state index contributed by atoms with van der Waals surface area (Å²) in [6.07, 6.45) is 1.35. The highest BCUT2D eigenvalue weighted by molar-refractivity contribution is 7.89. The molecule has 0 aliphatic carbocycles. The number of hydrogen-bond acceptors (Lipinski definition) is 5. The van der Waals surface area contributed by atoms with Crippen molar-refractivity contribution in [1.29, 1.82) is 0 Å². The number of benzene rings is 2. The predicted octanol–water partition coefficient (Wildman–Crippen LogP) is 2.29. The van der Waals surface area contributed by atoms with Gasteiger partial charge >= 0.3 is 0 Å². The van der Waals surface area contributed by atoms with Gasteiger partial charge in [-0.15, -0.1) is 6.58 Å². The zero-order valence-corrected chi connectivity index (χ0v) is 17.6. The minimum absolute atomic E-state index is 0.0403. The number of carbonyl (C=O) groups is 1. The van der Waals surface area contributed by atoms with Crippen LogP contribution in [0.15, 0.2) is 60.0 Å². The van der Waals surface area contributed by atoms with Crippen molar-refractivity contribution < 1.29 is 17.6 Å². The Hall–Kier alpha value is -2.75. The molecule has 0 saturated carbocycles. The summed E-state index contributed by atoms with van der Waals surface area (Å²) in [5.41, 5.74) is 1.68. The normalized spacial score (nSPS) is 15.1. The number of halogens is 1. The fourth-order valence-electron chi connectivity index (χ4n) is 3.12. The van der Waals surface area contributed by atoms with Crippen molar-refractivity contribution in [3.05, 3.63) is 66.5 Å². The number of amides is 1. The first kappa shape index (κ1) is 21.9. The molecule has 0 spiro atoms. The van der Waals surface area contributed by atoms with Crippen LogP contribution >= 0.6 is 0 Å². The second-order valence-corrected chi connectivity index (χ2v) is 8.81. The summed E-state index contributed by atoms with van der Waals surface area (Å²) in [6, 6.07) is 10.7. The maximum atomic E-state index is 14.0. The molecule has 9 heteroatoms. The molecule has 160 valence electrons. The van der Waals surface area contributed by atoms with E-state index in [1.54, 1.807) is 12.1 Å². The van der Waals surface area contributed by atoms with E-state index in [9.17, 15) is 17.6 Å². The van der Waals surface area contributed by atoms with Crippen molar-refractivity contribution in [3.63, 3.8) is 0 Å². The number of anilines is 2. The Balaban J connectivity index is 1.71. The van der Waals surface area contributed by atoms with Crippen LogP contribution in [0, 0.1) is 5.82 Å². The van der Waals surface area contributed by atoms with Crippen molar-refractivity contribution in [1.82, 2.24) is 9.62 Å². The molecular formula is C21H25FN4O3S. The zero-order chi connectivity index (χ0) is 21.7. The molecule has 1 heterocycles.